The van der Waals surface area contributed by atoms with Crippen molar-refractivity contribution in [3.05, 3.63) is 34.5 Å². The maximum Gasteiger partial charge on any atom is 0.169 e. The van der Waals surface area contributed by atoms with Gasteiger partial charge in [-0.1, -0.05) is 16.0 Å². The van der Waals surface area contributed by atoms with E-state index >= 15 is 0 Å². The second kappa shape index (κ2) is 7.94. The minimum absolute atomic E-state index is 0.0310. The summed E-state index contributed by atoms with van der Waals surface area (Å²) < 4.78 is 21.7. The summed E-state index contributed by atoms with van der Waals surface area (Å²) in [4.78, 5) is 15.9. The highest BCUT2D eigenvalue weighted by Gasteiger charge is 2.27. The van der Waals surface area contributed by atoms with E-state index in [-0.39, 0.29) is 11.8 Å². The smallest absolute Gasteiger partial charge is 0.169 e. The van der Waals surface area contributed by atoms with Gasteiger partial charge in [-0.25, -0.2) is 4.98 Å². The highest BCUT2D eigenvalue weighted by molar-refractivity contribution is 7.91. The lowest BCUT2D eigenvalue weighted by molar-refractivity contribution is 0.111. The summed E-state index contributed by atoms with van der Waals surface area (Å²) >= 11 is 4.87. The van der Waals surface area contributed by atoms with Gasteiger partial charge in [0.1, 0.15) is 27.6 Å². The average molecular weight is 395 g/mol. The van der Waals surface area contributed by atoms with Crippen LogP contribution in [0.1, 0.15) is 57.6 Å². The molecule has 0 aliphatic carbocycles. The second-order valence-electron chi connectivity index (χ2n) is 7.22. The Bertz CT molecular complexity index is 860. The van der Waals surface area contributed by atoms with Gasteiger partial charge in [-0.2, -0.15) is 0 Å². The molecule has 1 heterocycles. The molecule has 0 N–H and O–H groups in total. The number of benzene rings is 1. The third-order valence-corrected chi connectivity index (χ3v) is 5.29. The number of carbonyl (C=O) groups excluding carboxylic acids is 1. The highest BCUT2D eigenvalue weighted by Crippen LogP contribution is 2.31. The summed E-state index contributed by atoms with van der Waals surface area (Å²) in [5, 5.41) is 1.22. The zero-order chi connectivity index (χ0) is 19.6. The molecule has 5 nitrogen and oxygen atoms in total. The molecule has 0 bridgehead atoms. The van der Waals surface area contributed by atoms with Gasteiger partial charge in [0.2, 0.25) is 0 Å². The van der Waals surface area contributed by atoms with Crippen molar-refractivity contribution >= 4 is 45.9 Å². The van der Waals surface area contributed by atoms with Gasteiger partial charge in [-0.3, -0.25) is 4.79 Å². The number of rotatable bonds is 5. The third kappa shape index (κ3) is 4.75. The first kappa shape index (κ1) is 20.7. The van der Waals surface area contributed by atoms with Gasteiger partial charge in [0.25, 0.3) is 0 Å². The van der Waals surface area contributed by atoms with Crippen LogP contribution in [-0.2, 0) is 11.4 Å². The van der Waals surface area contributed by atoms with E-state index in [0.29, 0.717) is 33.9 Å². The first-order valence-corrected chi connectivity index (χ1v) is 9.75. The molecular formula is C19H23ClN2O3S. The van der Waals surface area contributed by atoms with Crippen LogP contribution in [-0.4, -0.2) is 32.4 Å². The third-order valence-electron chi connectivity index (χ3n) is 3.51. The van der Waals surface area contributed by atoms with Gasteiger partial charge >= 0.3 is 0 Å². The fraction of sp³-hybridized carbons (Fsp3) is 0.421. The molecule has 0 spiro atoms. The van der Waals surface area contributed by atoms with E-state index in [9.17, 15) is 9.35 Å². The van der Waals surface area contributed by atoms with E-state index < -0.39 is 16.1 Å². The minimum atomic E-state index is -1.43. The molecule has 7 heteroatoms. The standard InChI is InChI=1S/C19H23ClN2O3S/c1-11(2)25-18-9-16-13(8-15(18)20)7-14(17(10-23)21-16)12(3)22-26(24)19(4,5)6/h7-11H,1-6H3. The Kier molecular flexibility index (Phi) is 6.32. The van der Waals surface area contributed by atoms with E-state index in [0.717, 1.165) is 5.39 Å². The summed E-state index contributed by atoms with van der Waals surface area (Å²) in [6.07, 6.45) is 0.641. The van der Waals surface area contributed by atoms with E-state index in [1.165, 1.54) is 0 Å². The summed E-state index contributed by atoms with van der Waals surface area (Å²) in [5.41, 5.74) is 1.87. The van der Waals surface area contributed by atoms with Crippen LogP contribution >= 0.6 is 11.6 Å². The van der Waals surface area contributed by atoms with Crippen molar-refractivity contribution in [2.45, 2.75) is 52.4 Å². The fourth-order valence-corrected chi connectivity index (χ4v) is 3.06. The molecule has 0 fully saturated rings. The van der Waals surface area contributed by atoms with Gasteiger partial charge in [-0.15, -0.1) is 0 Å². The number of ether oxygens (including phenoxy) is 1. The Morgan fingerprint density at radius 2 is 2.00 bits per heavy atom. The molecule has 26 heavy (non-hydrogen) atoms. The van der Waals surface area contributed by atoms with Gasteiger partial charge in [0.15, 0.2) is 6.29 Å². The minimum Gasteiger partial charge on any atom is -0.591 e. The number of aromatic nitrogens is 1. The molecular weight excluding hydrogens is 372 g/mol. The van der Waals surface area contributed by atoms with Gasteiger partial charge < -0.3 is 9.29 Å². The Labute approximate surface area is 162 Å². The zero-order valence-electron chi connectivity index (χ0n) is 15.8. The van der Waals surface area contributed by atoms with Crippen LogP contribution in [0.2, 0.25) is 5.02 Å². The molecule has 0 saturated heterocycles. The molecule has 1 unspecified atom stereocenters. The Morgan fingerprint density at radius 3 is 2.54 bits per heavy atom. The number of carbonyl (C=O) groups is 1. The largest absolute Gasteiger partial charge is 0.591 e. The molecule has 140 valence electrons. The van der Waals surface area contributed by atoms with E-state index in [1.54, 1.807) is 25.1 Å². The monoisotopic (exact) mass is 394 g/mol. The number of aldehydes is 1. The summed E-state index contributed by atoms with van der Waals surface area (Å²) in [5.74, 6) is 0.519. The summed E-state index contributed by atoms with van der Waals surface area (Å²) in [6, 6.07) is 5.25. The van der Waals surface area contributed by atoms with Crippen molar-refractivity contribution in [3.8, 4) is 5.75 Å². The van der Waals surface area contributed by atoms with Crippen molar-refractivity contribution in [2.75, 3.05) is 0 Å². The van der Waals surface area contributed by atoms with Crippen molar-refractivity contribution in [3.63, 3.8) is 0 Å². The number of hydrogen-bond acceptors (Lipinski definition) is 5. The van der Waals surface area contributed by atoms with Crippen LogP contribution < -0.4 is 4.74 Å². The van der Waals surface area contributed by atoms with E-state index in [4.69, 9.17) is 16.3 Å². The molecule has 2 rings (SSSR count). The molecule has 2 aromatic rings. The number of halogens is 1. The molecule has 0 aliphatic rings. The number of fused-ring (bicyclic) bond motifs is 1. The lowest BCUT2D eigenvalue weighted by atomic mass is 10.1. The lowest BCUT2D eigenvalue weighted by Gasteiger charge is -2.19. The van der Waals surface area contributed by atoms with E-state index in [1.807, 2.05) is 34.6 Å². The maximum absolute atomic E-state index is 12.3. The van der Waals surface area contributed by atoms with E-state index in [2.05, 4.69) is 9.38 Å². The maximum atomic E-state index is 12.3. The fourth-order valence-electron chi connectivity index (χ4n) is 2.22. The van der Waals surface area contributed by atoms with Crippen LogP contribution in [0.5, 0.6) is 5.75 Å². The van der Waals surface area contributed by atoms with Gasteiger partial charge in [-0.05, 0) is 53.7 Å². The first-order valence-electron chi connectivity index (χ1n) is 8.26. The summed E-state index contributed by atoms with van der Waals surface area (Å²) in [7, 11) is 0. The van der Waals surface area contributed by atoms with Crippen LogP contribution in [0.25, 0.3) is 10.9 Å². The Hall–Kier alpha value is -1.63. The Morgan fingerprint density at radius 1 is 1.35 bits per heavy atom. The van der Waals surface area contributed by atoms with Crippen molar-refractivity contribution in [1.82, 2.24) is 4.98 Å². The number of nitrogens with zero attached hydrogens (tertiary/aromatic N) is 2. The predicted octanol–water partition coefficient (Wildman–Crippen LogP) is 4.76. The number of hydrogen-bond donors (Lipinski definition) is 0. The topological polar surface area (TPSA) is 74.6 Å². The zero-order valence-corrected chi connectivity index (χ0v) is 17.4. The molecule has 1 aromatic carbocycles. The van der Waals surface area contributed by atoms with Gasteiger partial charge in [0.05, 0.1) is 22.4 Å². The molecule has 0 radical (unpaired) electrons. The number of pyridine rings is 1. The molecule has 1 atom stereocenters. The SMILES string of the molecule is CC(=N[S+]([O-])C(C)(C)C)c1cc2cc(Cl)c(OC(C)C)cc2nc1C=O. The van der Waals surface area contributed by atoms with Crippen LogP contribution in [0, 0.1) is 0 Å². The van der Waals surface area contributed by atoms with Crippen molar-refractivity contribution in [1.29, 1.82) is 0 Å². The average Bonchev–Trinajstić information content (AvgIpc) is 2.53. The first-order chi connectivity index (χ1) is 12.0. The van der Waals surface area contributed by atoms with Gasteiger partial charge in [0, 0.05) is 17.0 Å². The Balaban J connectivity index is 2.58. The van der Waals surface area contributed by atoms with Crippen LogP contribution in [0.15, 0.2) is 22.6 Å². The molecule has 0 aliphatic heterocycles. The predicted molar refractivity (Wildman–Crippen MR) is 108 cm³/mol. The summed E-state index contributed by atoms with van der Waals surface area (Å²) in [6.45, 7) is 11.1. The van der Waals surface area contributed by atoms with Crippen LogP contribution in [0.4, 0.5) is 0 Å². The quantitative estimate of drug-likeness (QED) is 0.416. The van der Waals surface area contributed by atoms with Crippen molar-refractivity contribution < 1.29 is 14.1 Å². The molecule has 0 amide bonds. The van der Waals surface area contributed by atoms with Crippen molar-refractivity contribution in [2.24, 2.45) is 4.40 Å². The van der Waals surface area contributed by atoms with Crippen LogP contribution in [0.3, 0.4) is 0 Å². The highest BCUT2D eigenvalue weighted by atomic mass is 35.5. The normalized spacial score (nSPS) is 14.0. The molecule has 0 saturated carbocycles. The second-order valence-corrected chi connectivity index (χ2v) is 9.53. The molecule has 1 aromatic heterocycles. The lowest BCUT2D eigenvalue weighted by Crippen LogP contribution is -2.26.